The summed E-state index contributed by atoms with van der Waals surface area (Å²) in [6.07, 6.45) is 12.8. The molecule has 210 valence electrons. The Kier molecular flexibility index (Phi) is 6.91. The first-order valence-electron chi connectivity index (χ1n) is 15.2. The molecule has 38 heavy (non-hydrogen) atoms. The fraction of sp³-hybridized carbons (Fsp3) is 0.806. The van der Waals surface area contributed by atoms with E-state index in [-0.39, 0.29) is 34.6 Å². The molecule has 0 radical (unpaired) electrons. The lowest BCUT2D eigenvalue weighted by Crippen LogP contribution is -2.62. The predicted octanol–water partition coefficient (Wildman–Crippen LogP) is 5.07. The second-order valence-corrected chi connectivity index (χ2v) is 13.6. The lowest BCUT2D eigenvalue weighted by Gasteiger charge is -2.63. The average Bonchev–Trinajstić information content (AvgIpc) is 3.51. The van der Waals surface area contributed by atoms with Crippen LogP contribution in [0.5, 0.6) is 0 Å². The van der Waals surface area contributed by atoms with Gasteiger partial charge in [0.2, 0.25) is 0 Å². The van der Waals surface area contributed by atoms with Crippen molar-refractivity contribution in [3.05, 3.63) is 34.4 Å². The molecular formula is C31H46N2O5. The van der Waals surface area contributed by atoms with Crippen LogP contribution in [0.15, 0.2) is 27.6 Å². The van der Waals surface area contributed by atoms with Crippen molar-refractivity contribution in [1.29, 1.82) is 0 Å². The van der Waals surface area contributed by atoms with Crippen LogP contribution in [0.25, 0.3) is 0 Å². The van der Waals surface area contributed by atoms with Crippen LogP contribution in [0, 0.1) is 28.6 Å². The molecule has 0 spiro atoms. The highest BCUT2D eigenvalue weighted by atomic mass is 16.6. The van der Waals surface area contributed by atoms with Gasteiger partial charge in [0.25, 0.3) is 0 Å². The van der Waals surface area contributed by atoms with Crippen molar-refractivity contribution in [1.82, 2.24) is 10.2 Å². The summed E-state index contributed by atoms with van der Waals surface area (Å²) in [7, 11) is 0. The Morgan fingerprint density at radius 1 is 1.08 bits per heavy atom. The van der Waals surface area contributed by atoms with Gasteiger partial charge in [-0.15, -0.1) is 0 Å². The van der Waals surface area contributed by atoms with Gasteiger partial charge in [-0.2, -0.15) is 0 Å². The maximum atomic E-state index is 12.5. The summed E-state index contributed by atoms with van der Waals surface area (Å²) < 4.78 is 11.1. The van der Waals surface area contributed by atoms with E-state index >= 15 is 0 Å². The number of amides is 1. The monoisotopic (exact) mass is 526 g/mol. The molecule has 6 rings (SSSR count). The number of nitrogens with zero attached hydrogens (tertiary/aromatic N) is 1. The van der Waals surface area contributed by atoms with Gasteiger partial charge in [-0.3, -0.25) is 0 Å². The summed E-state index contributed by atoms with van der Waals surface area (Å²) in [4.78, 5) is 26.5. The van der Waals surface area contributed by atoms with Crippen molar-refractivity contribution in [2.45, 2.75) is 102 Å². The van der Waals surface area contributed by atoms with Crippen molar-refractivity contribution in [3.8, 4) is 0 Å². The number of carbonyl (C=O) groups excluding carboxylic acids is 1. The van der Waals surface area contributed by atoms with E-state index in [9.17, 15) is 14.7 Å². The van der Waals surface area contributed by atoms with Crippen LogP contribution in [0.2, 0.25) is 0 Å². The molecule has 0 bridgehead atoms. The summed E-state index contributed by atoms with van der Waals surface area (Å²) in [5.74, 6) is 1.56. The van der Waals surface area contributed by atoms with Gasteiger partial charge in [-0.1, -0.05) is 13.8 Å². The van der Waals surface area contributed by atoms with Crippen molar-refractivity contribution in [2.75, 3.05) is 26.2 Å². The first kappa shape index (κ1) is 26.4. The second-order valence-electron chi connectivity index (χ2n) is 13.6. The van der Waals surface area contributed by atoms with Gasteiger partial charge in [0.15, 0.2) is 0 Å². The quantitative estimate of drug-likeness (QED) is 0.557. The van der Waals surface area contributed by atoms with Crippen molar-refractivity contribution in [3.63, 3.8) is 0 Å². The predicted molar refractivity (Wildman–Crippen MR) is 145 cm³/mol. The standard InChI is InChI=1S/C31H46N2O5/c1-29-12-9-23(38-28(35)32-15-18-33-16-3-4-17-33)19-22(29)6-7-26-25(29)10-13-30(2)24(11-14-31(26,30)36)21-5-8-27(34)37-20-21/h5,8,20,22-26,36H,3-4,6-7,9-19H2,1-2H3,(H,32,35)/t22-,23+,24-,25?,26-,29+,30-,31+/m1/s1. The number of hydrogen-bond acceptors (Lipinski definition) is 6. The van der Waals surface area contributed by atoms with E-state index in [1.54, 1.807) is 6.26 Å². The molecule has 1 aromatic rings. The molecule has 8 atom stereocenters. The molecule has 1 amide bonds. The van der Waals surface area contributed by atoms with Gasteiger partial charge >= 0.3 is 11.7 Å². The van der Waals surface area contributed by atoms with E-state index in [0.717, 1.165) is 83.0 Å². The van der Waals surface area contributed by atoms with E-state index < -0.39 is 5.60 Å². The lowest BCUT2D eigenvalue weighted by atomic mass is 9.43. The number of fused-ring (bicyclic) bond motifs is 5. The summed E-state index contributed by atoms with van der Waals surface area (Å²) in [5.41, 5.74) is 0.0286. The van der Waals surface area contributed by atoms with Gasteiger partial charge in [0, 0.05) is 24.6 Å². The van der Waals surface area contributed by atoms with Gasteiger partial charge < -0.3 is 24.5 Å². The minimum absolute atomic E-state index is 0.00282. The van der Waals surface area contributed by atoms with Gasteiger partial charge in [-0.05, 0) is 124 Å². The van der Waals surface area contributed by atoms with Crippen molar-refractivity contribution < 1.29 is 19.1 Å². The zero-order valence-electron chi connectivity index (χ0n) is 23.3. The number of ether oxygens (including phenoxy) is 1. The summed E-state index contributed by atoms with van der Waals surface area (Å²) in [6, 6.07) is 3.42. The van der Waals surface area contributed by atoms with Crippen LogP contribution in [0.1, 0.15) is 96.0 Å². The molecule has 7 nitrogen and oxygen atoms in total. The number of hydrogen-bond donors (Lipinski definition) is 2. The van der Waals surface area contributed by atoms with Gasteiger partial charge in [0.05, 0.1) is 11.9 Å². The third-order valence-electron chi connectivity index (χ3n) is 12.1. The topological polar surface area (TPSA) is 92.0 Å². The molecule has 2 heterocycles. The van der Waals surface area contributed by atoms with Crippen molar-refractivity contribution in [2.24, 2.45) is 28.6 Å². The van der Waals surface area contributed by atoms with Gasteiger partial charge in [-0.25, -0.2) is 9.59 Å². The molecule has 4 aliphatic carbocycles. The van der Waals surface area contributed by atoms with Crippen LogP contribution >= 0.6 is 0 Å². The smallest absolute Gasteiger partial charge is 0.407 e. The van der Waals surface area contributed by atoms with E-state index in [2.05, 4.69) is 24.1 Å². The molecule has 5 aliphatic rings. The first-order valence-corrected chi connectivity index (χ1v) is 15.2. The maximum Gasteiger partial charge on any atom is 0.407 e. The molecule has 1 unspecified atom stereocenters. The average molecular weight is 527 g/mol. The van der Waals surface area contributed by atoms with Crippen molar-refractivity contribution >= 4 is 6.09 Å². The highest BCUT2D eigenvalue weighted by Gasteiger charge is 2.67. The highest BCUT2D eigenvalue weighted by molar-refractivity contribution is 5.67. The Morgan fingerprint density at radius 3 is 2.66 bits per heavy atom. The van der Waals surface area contributed by atoms with Crippen LogP contribution in [0.4, 0.5) is 4.79 Å². The third kappa shape index (κ3) is 4.32. The highest BCUT2D eigenvalue weighted by Crippen LogP contribution is 2.70. The fourth-order valence-electron chi connectivity index (χ4n) is 9.91. The van der Waals surface area contributed by atoms with Crippen LogP contribution in [-0.4, -0.2) is 54.0 Å². The van der Waals surface area contributed by atoms with E-state index in [1.807, 2.05) is 6.07 Å². The zero-order chi connectivity index (χ0) is 26.5. The van der Waals surface area contributed by atoms with E-state index in [1.165, 1.54) is 18.9 Å². The Bertz CT molecular complexity index is 1060. The largest absolute Gasteiger partial charge is 0.446 e. The molecule has 2 N–H and O–H groups in total. The lowest BCUT2D eigenvalue weighted by molar-refractivity contribution is -0.205. The molecule has 1 aliphatic heterocycles. The number of aliphatic hydroxyl groups is 1. The molecule has 0 aromatic carbocycles. The van der Waals surface area contributed by atoms with E-state index in [0.29, 0.717) is 24.3 Å². The summed E-state index contributed by atoms with van der Waals surface area (Å²) in [6.45, 7) is 8.59. The molecular weight excluding hydrogens is 480 g/mol. The molecule has 7 heteroatoms. The Labute approximate surface area is 226 Å². The molecule has 5 fully saturated rings. The van der Waals surface area contributed by atoms with Crippen LogP contribution in [-0.2, 0) is 4.74 Å². The molecule has 4 saturated carbocycles. The summed E-state index contributed by atoms with van der Waals surface area (Å²) >= 11 is 0. The van der Waals surface area contributed by atoms with Crippen LogP contribution < -0.4 is 10.9 Å². The van der Waals surface area contributed by atoms with Gasteiger partial charge in [0.1, 0.15) is 6.10 Å². The van der Waals surface area contributed by atoms with Crippen LogP contribution in [0.3, 0.4) is 0 Å². The maximum absolute atomic E-state index is 12.5. The number of nitrogens with one attached hydrogen (secondary N) is 1. The minimum atomic E-state index is -0.687. The molecule has 1 saturated heterocycles. The number of rotatable bonds is 5. The zero-order valence-corrected chi connectivity index (χ0v) is 23.3. The Morgan fingerprint density at radius 2 is 1.89 bits per heavy atom. The molecule has 1 aromatic heterocycles. The fourth-order valence-corrected chi connectivity index (χ4v) is 9.91. The Hall–Kier alpha value is -1.86. The Balaban J connectivity index is 1.09. The SMILES string of the molecule is C[C@]12CC[C@H](OC(=O)NCCN3CCCC3)C[C@H]1CC[C@@H]1C2CC[C@]2(C)[C@@H](c3ccc(=O)oc3)CC[C@]12O. The minimum Gasteiger partial charge on any atom is -0.446 e. The number of alkyl carbamates (subject to hydrolysis) is 1. The number of carbonyl (C=O) groups is 1. The number of likely N-dealkylation sites (tertiary alicyclic amines) is 1. The first-order chi connectivity index (χ1) is 18.2. The third-order valence-corrected chi connectivity index (χ3v) is 12.1. The summed E-state index contributed by atoms with van der Waals surface area (Å²) in [5, 5.41) is 15.4. The normalized spacial score (nSPS) is 42.7. The van der Waals surface area contributed by atoms with E-state index in [4.69, 9.17) is 9.15 Å². The second kappa shape index (κ2) is 9.96.